The number of hydrogen-bond donors (Lipinski definition) is 2. The number of carbonyl (C=O) groups excluding carboxylic acids is 1. The van der Waals surface area contributed by atoms with Crippen molar-refractivity contribution in [1.29, 1.82) is 0 Å². The van der Waals surface area contributed by atoms with Gasteiger partial charge in [0.05, 0.1) is 6.42 Å². The molecule has 0 aromatic rings. The van der Waals surface area contributed by atoms with Gasteiger partial charge in [-0.15, -0.1) is 0 Å². The molecule has 2 N–H and O–H groups in total. The lowest BCUT2D eigenvalue weighted by atomic mass is 10.2. The van der Waals surface area contributed by atoms with E-state index in [2.05, 4.69) is 0 Å². The van der Waals surface area contributed by atoms with Gasteiger partial charge in [0.1, 0.15) is 0 Å². The molecule has 0 heterocycles. The fraction of sp³-hybridized carbons (Fsp3) is 0.800. The topological polar surface area (TPSA) is 81.1 Å². The van der Waals surface area contributed by atoms with Crippen molar-refractivity contribution in [3.8, 4) is 0 Å². The molecular weight excluding hydrogens is 212 g/mol. The van der Waals surface area contributed by atoms with Crippen LogP contribution in [0.2, 0.25) is 0 Å². The summed E-state index contributed by atoms with van der Waals surface area (Å²) in [5.41, 5.74) is 0. The standard InChI is InChI=1S/C10H20N2O4/c1-11(2)7-3-4-8-12(16)9(13)5-6-10(14)15/h16H,3-8H2,1-2H3,(H,14,15). The highest BCUT2D eigenvalue weighted by atomic mass is 16.5. The fourth-order valence-electron chi connectivity index (χ4n) is 1.16. The van der Waals surface area contributed by atoms with Gasteiger partial charge in [0.25, 0.3) is 0 Å². The summed E-state index contributed by atoms with van der Waals surface area (Å²) >= 11 is 0. The molecule has 0 spiro atoms. The van der Waals surface area contributed by atoms with E-state index in [0.717, 1.165) is 13.0 Å². The van der Waals surface area contributed by atoms with Gasteiger partial charge in [-0.25, -0.2) is 5.06 Å². The summed E-state index contributed by atoms with van der Waals surface area (Å²) in [6.45, 7) is 1.16. The van der Waals surface area contributed by atoms with Crippen LogP contribution in [0.3, 0.4) is 0 Å². The van der Waals surface area contributed by atoms with Crippen LogP contribution in [0.4, 0.5) is 0 Å². The smallest absolute Gasteiger partial charge is 0.303 e. The maximum Gasteiger partial charge on any atom is 0.303 e. The van der Waals surface area contributed by atoms with E-state index >= 15 is 0 Å². The Balaban J connectivity index is 3.59. The fourth-order valence-corrected chi connectivity index (χ4v) is 1.16. The minimum atomic E-state index is -1.03. The summed E-state index contributed by atoms with van der Waals surface area (Å²) in [6.07, 6.45) is 1.19. The van der Waals surface area contributed by atoms with E-state index in [1.807, 2.05) is 19.0 Å². The largest absolute Gasteiger partial charge is 0.481 e. The molecule has 6 nitrogen and oxygen atoms in total. The second-order valence-corrected chi connectivity index (χ2v) is 3.92. The van der Waals surface area contributed by atoms with Crippen molar-refractivity contribution in [2.75, 3.05) is 27.2 Å². The zero-order valence-corrected chi connectivity index (χ0v) is 9.85. The molecule has 6 heteroatoms. The third kappa shape index (κ3) is 8.19. The van der Waals surface area contributed by atoms with Crippen molar-refractivity contribution in [2.45, 2.75) is 25.7 Å². The van der Waals surface area contributed by atoms with Crippen molar-refractivity contribution in [2.24, 2.45) is 0 Å². The monoisotopic (exact) mass is 232 g/mol. The van der Waals surface area contributed by atoms with Crippen LogP contribution < -0.4 is 0 Å². The van der Waals surface area contributed by atoms with Gasteiger partial charge in [-0.1, -0.05) is 0 Å². The van der Waals surface area contributed by atoms with E-state index in [9.17, 15) is 14.8 Å². The van der Waals surface area contributed by atoms with Crippen LogP contribution in [0, 0.1) is 0 Å². The number of hydrogen-bond acceptors (Lipinski definition) is 4. The normalized spacial score (nSPS) is 10.5. The maximum absolute atomic E-state index is 11.2. The maximum atomic E-state index is 11.2. The quantitative estimate of drug-likeness (QED) is 0.360. The molecule has 0 fully saturated rings. The molecule has 16 heavy (non-hydrogen) atoms. The number of unbranched alkanes of at least 4 members (excludes halogenated alkanes) is 1. The lowest BCUT2D eigenvalue weighted by Gasteiger charge is -2.15. The Bertz CT molecular complexity index is 231. The Hall–Kier alpha value is -1.14. The number of carboxylic acids is 1. The molecule has 0 unspecified atom stereocenters. The highest BCUT2D eigenvalue weighted by molar-refractivity contribution is 5.79. The Morgan fingerprint density at radius 3 is 2.12 bits per heavy atom. The highest BCUT2D eigenvalue weighted by Crippen LogP contribution is 1.99. The minimum Gasteiger partial charge on any atom is -0.481 e. The summed E-state index contributed by atoms with van der Waals surface area (Å²) < 4.78 is 0. The van der Waals surface area contributed by atoms with Crippen molar-refractivity contribution in [3.05, 3.63) is 0 Å². The molecular formula is C10H20N2O4. The van der Waals surface area contributed by atoms with E-state index in [-0.39, 0.29) is 19.4 Å². The summed E-state index contributed by atoms with van der Waals surface area (Å²) in [5, 5.41) is 18.2. The van der Waals surface area contributed by atoms with E-state index in [1.54, 1.807) is 0 Å². The predicted molar refractivity (Wildman–Crippen MR) is 58.2 cm³/mol. The van der Waals surface area contributed by atoms with Crippen LogP contribution in [-0.2, 0) is 9.59 Å². The molecule has 0 saturated heterocycles. The zero-order chi connectivity index (χ0) is 12.6. The molecule has 0 rings (SSSR count). The Morgan fingerprint density at radius 1 is 1.06 bits per heavy atom. The van der Waals surface area contributed by atoms with Gasteiger partial charge in [-0.3, -0.25) is 14.8 Å². The lowest BCUT2D eigenvalue weighted by Crippen LogP contribution is -2.29. The molecule has 94 valence electrons. The number of carboxylic acid groups (broad SMARTS) is 1. The van der Waals surface area contributed by atoms with Crippen molar-refractivity contribution >= 4 is 11.9 Å². The lowest BCUT2D eigenvalue weighted by molar-refractivity contribution is -0.166. The second kappa shape index (κ2) is 8.06. The molecule has 0 radical (unpaired) electrons. The highest BCUT2D eigenvalue weighted by Gasteiger charge is 2.11. The van der Waals surface area contributed by atoms with E-state index in [0.29, 0.717) is 11.5 Å². The van der Waals surface area contributed by atoms with Crippen LogP contribution in [0.25, 0.3) is 0 Å². The molecule has 0 bridgehead atoms. The van der Waals surface area contributed by atoms with Gasteiger partial charge in [0.15, 0.2) is 0 Å². The number of carbonyl (C=O) groups is 2. The third-order valence-electron chi connectivity index (χ3n) is 2.07. The summed E-state index contributed by atoms with van der Waals surface area (Å²) in [4.78, 5) is 23.4. The van der Waals surface area contributed by atoms with E-state index in [1.165, 1.54) is 0 Å². The van der Waals surface area contributed by atoms with E-state index < -0.39 is 11.9 Å². The number of hydroxylamine groups is 2. The van der Waals surface area contributed by atoms with Gasteiger partial charge >= 0.3 is 5.97 Å². The SMILES string of the molecule is CN(C)CCCCN(O)C(=O)CCC(=O)O. The van der Waals surface area contributed by atoms with Gasteiger partial charge in [-0.2, -0.15) is 0 Å². The van der Waals surface area contributed by atoms with Crippen LogP contribution >= 0.6 is 0 Å². The van der Waals surface area contributed by atoms with Gasteiger partial charge in [0.2, 0.25) is 5.91 Å². The Kier molecular flexibility index (Phi) is 7.49. The molecule has 0 aliphatic heterocycles. The molecule has 0 saturated carbocycles. The molecule has 0 aromatic carbocycles. The molecule has 0 aliphatic carbocycles. The summed E-state index contributed by atoms with van der Waals surface area (Å²) in [5.74, 6) is -1.57. The van der Waals surface area contributed by atoms with Crippen LogP contribution in [0.5, 0.6) is 0 Å². The number of rotatable bonds is 8. The van der Waals surface area contributed by atoms with Crippen LogP contribution in [0.1, 0.15) is 25.7 Å². The zero-order valence-electron chi connectivity index (χ0n) is 9.85. The first-order valence-electron chi connectivity index (χ1n) is 5.29. The second-order valence-electron chi connectivity index (χ2n) is 3.92. The van der Waals surface area contributed by atoms with E-state index in [4.69, 9.17) is 5.11 Å². The summed E-state index contributed by atoms with van der Waals surface area (Å²) in [6, 6.07) is 0. The average molecular weight is 232 g/mol. The summed E-state index contributed by atoms with van der Waals surface area (Å²) in [7, 11) is 3.91. The van der Waals surface area contributed by atoms with Gasteiger partial charge in [0, 0.05) is 13.0 Å². The third-order valence-corrected chi connectivity index (χ3v) is 2.07. The van der Waals surface area contributed by atoms with Crippen LogP contribution in [0.15, 0.2) is 0 Å². The molecule has 1 amide bonds. The first-order chi connectivity index (χ1) is 7.43. The molecule has 0 aromatic heterocycles. The van der Waals surface area contributed by atoms with Gasteiger partial charge in [-0.05, 0) is 33.5 Å². The number of amides is 1. The Morgan fingerprint density at radius 2 is 1.62 bits per heavy atom. The predicted octanol–water partition coefficient (Wildman–Crippen LogP) is 0.411. The molecule has 0 aliphatic rings. The minimum absolute atomic E-state index is 0.153. The van der Waals surface area contributed by atoms with Gasteiger partial charge < -0.3 is 10.0 Å². The Labute approximate surface area is 95.4 Å². The average Bonchev–Trinajstić information content (AvgIpc) is 2.20. The van der Waals surface area contributed by atoms with Crippen molar-refractivity contribution in [1.82, 2.24) is 9.96 Å². The number of nitrogens with zero attached hydrogens (tertiary/aromatic N) is 2. The first-order valence-corrected chi connectivity index (χ1v) is 5.29. The van der Waals surface area contributed by atoms with Crippen molar-refractivity contribution in [3.63, 3.8) is 0 Å². The first kappa shape index (κ1) is 14.9. The van der Waals surface area contributed by atoms with Crippen LogP contribution in [-0.4, -0.2) is 59.3 Å². The molecule has 0 atom stereocenters. The number of aliphatic carboxylic acids is 1. The van der Waals surface area contributed by atoms with Crippen molar-refractivity contribution < 1.29 is 19.9 Å².